The smallest absolute Gasteiger partial charge is 0.325 e. The summed E-state index contributed by atoms with van der Waals surface area (Å²) in [7, 11) is 0. The summed E-state index contributed by atoms with van der Waals surface area (Å²) in [6.45, 7) is 2.03. The maximum atomic E-state index is 13.1. The van der Waals surface area contributed by atoms with Crippen LogP contribution in [-0.2, 0) is 21.5 Å². The number of imide groups is 1. The van der Waals surface area contributed by atoms with Crippen LogP contribution < -0.4 is 10.6 Å². The zero-order chi connectivity index (χ0) is 18.3. The van der Waals surface area contributed by atoms with Crippen molar-refractivity contribution in [3.05, 3.63) is 21.9 Å². The van der Waals surface area contributed by atoms with Crippen molar-refractivity contribution in [3.63, 3.8) is 0 Å². The first-order chi connectivity index (χ1) is 12.5. The molecule has 1 aromatic heterocycles. The highest BCUT2D eigenvalue weighted by atomic mass is 32.1. The van der Waals surface area contributed by atoms with Gasteiger partial charge in [-0.05, 0) is 62.3 Å². The fourth-order valence-electron chi connectivity index (χ4n) is 4.51. The van der Waals surface area contributed by atoms with Crippen molar-refractivity contribution < 1.29 is 14.4 Å². The number of aryl methyl sites for hydroxylation is 1. The Morgan fingerprint density at radius 1 is 1.35 bits per heavy atom. The SMILES string of the molecule is CC1CCC(NC(=O)CN2C(=O)N[C@]3(CCCc4sccc43)C2=O)CC1. The van der Waals surface area contributed by atoms with Gasteiger partial charge in [-0.3, -0.25) is 14.5 Å². The highest BCUT2D eigenvalue weighted by molar-refractivity contribution is 7.10. The molecule has 26 heavy (non-hydrogen) atoms. The van der Waals surface area contributed by atoms with Gasteiger partial charge in [0.25, 0.3) is 5.91 Å². The summed E-state index contributed by atoms with van der Waals surface area (Å²) in [5.74, 6) is 0.181. The molecule has 6 nitrogen and oxygen atoms in total. The first-order valence-corrected chi connectivity index (χ1v) is 10.4. The van der Waals surface area contributed by atoms with Crippen LogP contribution in [0.2, 0.25) is 0 Å². The lowest BCUT2D eigenvalue weighted by Gasteiger charge is -2.31. The van der Waals surface area contributed by atoms with Gasteiger partial charge in [0.2, 0.25) is 5.91 Å². The first-order valence-electron chi connectivity index (χ1n) is 9.50. The predicted octanol–water partition coefficient (Wildman–Crippen LogP) is 2.53. The van der Waals surface area contributed by atoms with Crippen LogP contribution in [0.25, 0.3) is 0 Å². The van der Waals surface area contributed by atoms with E-state index in [1.165, 1.54) is 0 Å². The Kier molecular flexibility index (Phi) is 4.50. The molecule has 1 atom stereocenters. The number of urea groups is 1. The highest BCUT2D eigenvalue weighted by Gasteiger charge is 2.54. The molecule has 0 unspecified atom stereocenters. The van der Waals surface area contributed by atoms with Gasteiger partial charge in [-0.15, -0.1) is 11.3 Å². The van der Waals surface area contributed by atoms with Gasteiger partial charge in [0.05, 0.1) is 0 Å². The van der Waals surface area contributed by atoms with Crippen LogP contribution >= 0.6 is 11.3 Å². The van der Waals surface area contributed by atoms with Crippen molar-refractivity contribution in [2.24, 2.45) is 5.92 Å². The minimum atomic E-state index is -0.967. The van der Waals surface area contributed by atoms with Crippen molar-refractivity contribution >= 4 is 29.2 Å². The highest BCUT2D eigenvalue weighted by Crippen LogP contribution is 2.42. The predicted molar refractivity (Wildman–Crippen MR) is 98.7 cm³/mol. The Morgan fingerprint density at radius 3 is 2.88 bits per heavy atom. The minimum Gasteiger partial charge on any atom is -0.352 e. The Morgan fingerprint density at radius 2 is 2.12 bits per heavy atom. The van der Waals surface area contributed by atoms with Gasteiger partial charge in [-0.1, -0.05) is 6.92 Å². The van der Waals surface area contributed by atoms with Crippen LogP contribution in [0.4, 0.5) is 4.79 Å². The summed E-state index contributed by atoms with van der Waals surface area (Å²) >= 11 is 1.63. The summed E-state index contributed by atoms with van der Waals surface area (Å²) in [5, 5.41) is 7.86. The number of nitrogens with zero attached hydrogens (tertiary/aromatic N) is 1. The van der Waals surface area contributed by atoms with Gasteiger partial charge in [0, 0.05) is 16.5 Å². The number of thiophene rings is 1. The average Bonchev–Trinajstić information content (AvgIpc) is 3.18. The van der Waals surface area contributed by atoms with Crippen LogP contribution in [0.5, 0.6) is 0 Å². The summed E-state index contributed by atoms with van der Waals surface area (Å²) < 4.78 is 0. The monoisotopic (exact) mass is 375 g/mol. The first kappa shape index (κ1) is 17.5. The number of amides is 4. The molecule has 7 heteroatoms. The van der Waals surface area contributed by atoms with E-state index in [1.54, 1.807) is 11.3 Å². The van der Waals surface area contributed by atoms with E-state index in [9.17, 15) is 14.4 Å². The molecule has 2 N–H and O–H groups in total. The summed E-state index contributed by atoms with van der Waals surface area (Å²) in [6.07, 6.45) is 6.55. The Hall–Kier alpha value is -1.89. The molecule has 3 aliphatic rings. The van der Waals surface area contributed by atoms with Gasteiger partial charge in [0.15, 0.2) is 0 Å². The van der Waals surface area contributed by atoms with E-state index in [2.05, 4.69) is 17.6 Å². The van der Waals surface area contributed by atoms with Crippen LogP contribution in [0, 0.1) is 5.92 Å². The topological polar surface area (TPSA) is 78.5 Å². The number of hydrogen-bond donors (Lipinski definition) is 2. The number of nitrogens with one attached hydrogen (secondary N) is 2. The number of fused-ring (bicyclic) bond motifs is 2. The third kappa shape index (κ3) is 2.92. The van der Waals surface area contributed by atoms with E-state index in [0.717, 1.165) is 53.9 Å². The lowest BCUT2D eigenvalue weighted by molar-refractivity contribution is -0.135. The number of carbonyl (C=O) groups is 3. The molecule has 1 spiro atoms. The fraction of sp³-hybridized carbons (Fsp3) is 0.632. The van der Waals surface area contributed by atoms with E-state index < -0.39 is 11.6 Å². The molecule has 0 aromatic carbocycles. The van der Waals surface area contributed by atoms with Crippen LogP contribution in [-0.4, -0.2) is 35.3 Å². The van der Waals surface area contributed by atoms with Crippen LogP contribution in [0.15, 0.2) is 11.4 Å². The van der Waals surface area contributed by atoms with Crippen LogP contribution in [0.3, 0.4) is 0 Å². The molecule has 1 aliphatic heterocycles. The van der Waals surface area contributed by atoms with E-state index >= 15 is 0 Å². The Balaban J connectivity index is 1.45. The normalized spacial score (nSPS) is 31.0. The zero-order valence-corrected chi connectivity index (χ0v) is 15.9. The van der Waals surface area contributed by atoms with E-state index in [1.807, 2.05) is 11.4 Å². The van der Waals surface area contributed by atoms with E-state index in [4.69, 9.17) is 0 Å². The quantitative estimate of drug-likeness (QED) is 0.797. The number of carbonyl (C=O) groups excluding carboxylic acids is 3. The summed E-state index contributed by atoms with van der Waals surface area (Å²) in [4.78, 5) is 40.2. The molecule has 140 valence electrons. The van der Waals surface area contributed by atoms with E-state index in [-0.39, 0.29) is 24.4 Å². The molecule has 2 fully saturated rings. The van der Waals surface area contributed by atoms with Crippen molar-refractivity contribution in [2.75, 3.05) is 6.54 Å². The molecular formula is C19H25N3O3S. The third-order valence-electron chi connectivity index (χ3n) is 6.02. The van der Waals surface area contributed by atoms with Gasteiger partial charge in [-0.2, -0.15) is 0 Å². The second kappa shape index (κ2) is 6.68. The Bertz CT molecular complexity index is 738. The molecular weight excluding hydrogens is 350 g/mol. The zero-order valence-electron chi connectivity index (χ0n) is 15.0. The lowest BCUT2D eigenvalue weighted by Crippen LogP contribution is -2.47. The second-order valence-corrected chi connectivity index (χ2v) is 8.86. The fourth-order valence-corrected chi connectivity index (χ4v) is 5.51. The van der Waals surface area contributed by atoms with Gasteiger partial charge in [-0.25, -0.2) is 4.79 Å². The molecule has 4 rings (SSSR count). The molecule has 4 amide bonds. The lowest BCUT2D eigenvalue weighted by atomic mass is 9.80. The largest absolute Gasteiger partial charge is 0.352 e. The number of hydrogen-bond acceptors (Lipinski definition) is 4. The Labute approximate surface area is 157 Å². The molecule has 1 aromatic rings. The molecule has 1 saturated carbocycles. The molecule has 0 bridgehead atoms. The molecule has 2 aliphatic carbocycles. The summed E-state index contributed by atoms with van der Waals surface area (Å²) in [5.41, 5.74) is -0.0538. The molecule has 0 radical (unpaired) electrons. The van der Waals surface area contributed by atoms with Crippen molar-refractivity contribution in [2.45, 2.75) is 63.5 Å². The molecule has 2 heterocycles. The van der Waals surface area contributed by atoms with Crippen molar-refractivity contribution in [3.8, 4) is 0 Å². The van der Waals surface area contributed by atoms with Crippen molar-refractivity contribution in [1.82, 2.24) is 15.5 Å². The van der Waals surface area contributed by atoms with Gasteiger partial charge >= 0.3 is 6.03 Å². The average molecular weight is 375 g/mol. The summed E-state index contributed by atoms with van der Waals surface area (Å²) in [6, 6.07) is 1.64. The van der Waals surface area contributed by atoms with Crippen LogP contribution in [0.1, 0.15) is 55.9 Å². The maximum absolute atomic E-state index is 13.1. The van der Waals surface area contributed by atoms with Crippen molar-refractivity contribution in [1.29, 1.82) is 0 Å². The van der Waals surface area contributed by atoms with E-state index in [0.29, 0.717) is 12.3 Å². The number of rotatable bonds is 3. The standard InChI is InChI=1S/C19H25N3O3S/c1-12-4-6-13(7-5-12)20-16(23)11-22-17(24)19(21-18(22)25)9-2-3-15-14(19)8-10-26-15/h8,10,12-13H,2-7,9,11H2,1H3,(H,20,23)(H,21,25)/t12?,13?,19-/m0/s1. The van der Waals surface area contributed by atoms with Gasteiger partial charge in [0.1, 0.15) is 12.1 Å². The second-order valence-electron chi connectivity index (χ2n) is 7.86. The minimum absolute atomic E-state index is 0.159. The maximum Gasteiger partial charge on any atom is 0.325 e. The van der Waals surface area contributed by atoms with Gasteiger partial charge < -0.3 is 10.6 Å². The molecule has 1 saturated heterocycles. The third-order valence-corrected chi connectivity index (χ3v) is 7.00.